The maximum atomic E-state index is 6.36. The molecule has 0 saturated heterocycles. The summed E-state index contributed by atoms with van der Waals surface area (Å²) in [6, 6.07) is 0. The van der Waals surface area contributed by atoms with E-state index in [1.807, 2.05) is 0 Å². The predicted octanol–water partition coefficient (Wildman–Crippen LogP) is 4.88. The van der Waals surface area contributed by atoms with Crippen LogP contribution in [0, 0.1) is 5.92 Å². The van der Waals surface area contributed by atoms with Crippen LogP contribution >= 0.6 is 0 Å². The van der Waals surface area contributed by atoms with E-state index in [-0.39, 0.29) is 5.04 Å². The van der Waals surface area contributed by atoms with E-state index in [1.54, 1.807) is 0 Å². The molecule has 92 valence electrons. The molecule has 0 radical (unpaired) electrons. The van der Waals surface area contributed by atoms with Crippen molar-refractivity contribution in [3.05, 3.63) is 23.0 Å². The highest BCUT2D eigenvalue weighted by molar-refractivity contribution is 6.74. The van der Waals surface area contributed by atoms with Crippen LogP contribution in [0.2, 0.25) is 18.1 Å². The van der Waals surface area contributed by atoms with Gasteiger partial charge in [0.2, 0.25) is 8.32 Å². The van der Waals surface area contributed by atoms with Gasteiger partial charge in [0.1, 0.15) is 5.76 Å². The lowest BCUT2D eigenvalue weighted by atomic mass is 10.1. The molecule has 0 spiro atoms. The molecule has 0 aromatic rings. The van der Waals surface area contributed by atoms with Crippen molar-refractivity contribution in [1.29, 1.82) is 0 Å². The molecular weight excluding hydrogens is 212 g/mol. The third kappa shape index (κ3) is 2.42. The molecule has 0 fully saturated rings. The van der Waals surface area contributed by atoms with Crippen molar-refractivity contribution in [2.75, 3.05) is 0 Å². The molecule has 0 aliphatic heterocycles. The van der Waals surface area contributed by atoms with Crippen LogP contribution in [0.4, 0.5) is 0 Å². The van der Waals surface area contributed by atoms with Gasteiger partial charge in [-0.2, -0.15) is 0 Å². The summed E-state index contributed by atoms with van der Waals surface area (Å²) in [5.41, 5.74) is 2.80. The maximum Gasteiger partial charge on any atom is 0.250 e. The number of allylic oxidation sites excluding steroid dienone is 3. The summed E-state index contributed by atoms with van der Waals surface area (Å²) in [6.07, 6.45) is 2.27. The molecule has 0 bridgehead atoms. The van der Waals surface area contributed by atoms with Gasteiger partial charge in [-0.15, -0.1) is 0 Å². The lowest BCUT2D eigenvalue weighted by Gasteiger charge is -2.37. The van der Waals surface area contributed by atoms with E-state index in [1.165, 1.54) is 11.1 Å². The van der Waals surface area contributed by atoms with Crippen LogP contribution in [0.25, 0.3) is 0 Å². The zero-order valence-electron chi connectivity index (χ0n) is 12.1. The molecule has 0 N–H and O–H groups in total. The lowest BCUT2D eigenvalue weighted by molar-refractivity contribution is 0.393. The first-order chi connectivity index (χ1) is 7.06. The van der Waals surface area contributed by atoms with Crippen LogP contribution in [-0.4, -0.2) is 8.32 Å². The first kappa shape index (κ1) is 13.6. The van der Waals surface area contributed by atoms with E-state index in [0.717, 1.165) is 5.76 Å². The van der Waals surface area contributed by atoms with Crippen molar-refractivity contribution in [2.45, 2.75) is 59.7 Å². The van der Waals surface area contributed by atoms with Gasteiger partial charge in [-0.05, 0) is 49.5 Å². The second-order valence-electron chi connectivity index (χ2n) is 6.49. The van der Waals surface area contributed by atoms with E-state index < -0.39 is 8.32 Å². The van der Waals surface area contributed by atoms with Gasteiger partial charge < -0.3 is 4.43 Å². The number of hydrogen-bond acceptors (Lipinski definition) is 1. The minimum atomic E-state index is -1.67. The summed E-state index contributed by atoms with van der Waals surface area (Å²) in [6.45, 7) is 18.1. The summed E-state index contributed by atoms with van der Waals surface area (Å²) >= 11 is 0. The van der Waals surface area contributed by atoms with Gasteiger partial charge in [0.25, 0.3) is 0 Å². The molecule has 0 saturated carbocycles. The molecule has 1 aliphatic rings. The molecule has 1 aliphatic carbocycles. The van der Waals surface area contributed by atoms with Crippen LogP contribution in [0.3, 0.4) is 0 Å². The second-order valence-corrected chi connectivity index (χ2v) is 11.2. The molecule has 0 aromatic heterocycles. The molecule has 1 nitrogen and oxygen atoms in total. The fourth-order valence-corrected chi connectivity index (χ4v) is 2.63. The quantitative estimate of drug-likeness (QED) is 0.623. The van der Waals surface area contributed by atoms with E-state index in [2.05, 4.69) is 60.7 Å². The fourth-order valence-electron chi connectivity index (χ4n) is 1.55. The van der Waals surface area contributed by atoms with Crippen LogP contribution in [0.15, 0.2) is 23.0 Å². The minimum absolute atomic E-state index is 0.272. The topological polar surface area (TPSA) is 9.23 Å². The van der Waals surface area contributed by atoms with Gasteiger partial charge >= 0.3 is 0 Å². The van der Waals surface area contributed by atoms with Crippen molar-refractivity contribution in [2.24, 2.45) is 5.92 Å². The molecule has 1 unspecified atom stereocenters. The zero-order chi connectivity index (χ0) is 12.7. The highest BCUT2D eigenvalue weighted by atomic mass is 28.4. The van der Waals surface area contributed by atoms with Gasteiger partial charge in [-0.25, -0.2) is 0 Å². The maximum absolute atomic E-state index is 6.36. The monoisotopic (exact) mass is 238 g/mol. The average molecular weight is 238 g/mol. The Kier molecular flexibility index (Phi) is 3.44. The zero-order valence-corrected chi connectivity index (χ0v) is 13.1. The molecule has 0 heterocycles. The van der Waals surface area contributed by atoms with Gasteiger partial charge in [0.15, 0.2) is 0 Å². The average Bonchev–Trinajstić information content (AvgIpc) is 2.31. The Labute approximate surface area is 102 Å². The predicted molar refractivity (Wildman–Crippen MR) is 73.9 cm³/mol. The van der Waals surface area contributed by atoms with E-state index in [0.29, 0.717) is 5.92 Å². The third-order valence-electron chi connectivity index (χ3n) is 4.22. The minimum Gasteiger partial charge on any atom is -0.544 e. The molecule has 1 atom stereocenters. The molecule has 16 heavy (non-hydrogen) atoms. The van der Waals surface area contributed by atoms with E-state index >= 15 is 0 Å². The Bertz CT molecular complexity index is 342. The molecule has 1 rings (SSSR count). The van der Waals surface area contributed by atoms with Crippen molar-refractivity contribution >= 4 is 8.32 Å². The summed E-state index contributed by atoms with van der Waals surface area (Å²) in [5.74, 6) is 1.68. The summed E-state index contributed by atoms with van der Waals surface area (Å²) in [7, 11) is -1.67. The second kappa shape index (κ2) is 4.06. The Morgan fingerprint density at radius 2 is 1.69 bits per heavy atom. The standard InChI is InChI=1S/C14H26OSi/c1-10-9-13(12(3)11(10)2)15-16(7,8)14(4,5)6/h9-10H,1-8H3. The van der Waals surface area contributed by atoms with Crippen LogP contribution in [0.5, 0.6) is 0 Å². The van der Waals surface area contributed by atoms with Crippen molar-refractivity contribution in [1.82, 2.24) is 0 Å². The first-order valence-electron chi connectivity index (χ1n) is 6.15. The summed E-state index contributed by atoms with van der Waals surface area (Å²) in [5, 5.41) is 0.272. The normalized spacial score (nSPS) is 22.5. The smallest absolute Gasteiger partial charge is 0.250 e. The Hall–Kier alpha value is -0.503. The highest BCUT2D eigenvalue weighted by Gasteiger charge is 2.40. The Morgan fingerprint density at radius 3 is 2.00 bits per heavy atom. The molecular formula is C14H26OSi. The largest absolute Gasteiger partial charge is 0.544 e. The SMILES string of the molecule is CC1=C(C)C(C)C=C1O[Si](C)(C)C(C)(C)C. The van der Waals surface area contributed by atoms with Gasteiger partial charge in [-0.3, -0.25) is 0 Å². The number of hydrogen-bond donors (Lipinski definition) is 0. The van der Waals surface area contributed by atoms with Crippen LogP contribution < -0.4 is 0 Å². The Morgan fingerprint density at radius 1 is 1.19 bits per heavy atom. The van der Waals surface area contributed by atoms with Crippen LogP contribution in [-0.2, 0) is 4.43 Å². The van der Waals surface area contributed by atoms with Crippen molar-refractivity contribution in [3.8, 4) is 0 Å². The number of rotatable bonds is 2. The molecule has 2 heteroatoms. The van der Waals surface area contributed by atoms with E-state index in [9.17, 15) is 0 Å². The Balaban J connectivity index is 2.90. The van der Waals surface area contributed by atoms with Gasteiger partial charge in [0, 0.05) is 0 Å². The summed E-state index contributed by atoms with van der Waals surface area (Å²) in [4.78, 5) is 0. The van der Waals surface area contributed by atoms with Crippen LogP contribution in [0.1, 0.15) is 41.5 Å². The van der Waals surface area contributed by atoms with E-state index in [4.69, 9.17) is 4.43 Å². The van der Waals surface area contributed by atoms with Crippen molar-refractivity contribution in [3.63, 3.8) is 0 Å². The van der Waals surface area contributed by atoms with Gasteiger partial charge in [0.05, 0.1) is 0 Å². The first-order valence-corrected chi connectivity index (χ1v) is 9.05. The fraction of sp³-hybridized carbons (Fsp3) is 0.714. The lowest BCUT2D eigenvalue weighted by Crippen LogP contribution is -2.40. The third-order valence-corrected chi connectivity index (χ3v) is 8.56. The van der Waals surface area contributed by atoms with Crippen molar-refractivity contribution < 1.29 is 4.43 Å². The summed E-state index contributed by atoms with van der Waals surface area (Å²) < 4.78 is 6.36. The molecule has 0 aromatic carbocycles. The molecule has 0 amide bonds. The highest BCUT2D eigenvalue weighted by Crippen LogP contribution is 2.41. The van der Waals surface area contributed by atoms with Gasteiger partial charge in [-0.1, -0.05) is 33.3 Å².